The maximum Gasteiger partial charge on any atom is 0.231 e. The second-order valence-electron chi connectivity index (χ2n) is 8.18. The molecule has 162 valence electrons. The topological polar surface area (TPSA) is 68.1 Å². The molecule has 7 nitrogen and oxygen atoms in total. The molecular weight excluding hydrogens is 416 g/mol. The molecule has 1 fully saturated rings. The molecule has 0 spiro atoms. The fourth-order valence-corrected chi connectivity index (χ4v) is 4.50. The van der Waals surface area contributed by atoms with Gasteiger partial charge in [-0.25, -0.2) is 4.98 Å². The molecule has 0 saturated carbocycles. The molecule has 0 radical (unpaired) electrons. The predicted molar refractivity (Wildman–Crippen MR) is 117 cm³/mol. The van der Waals surface area contributed by atoms with E-state index in [1.165, 1.54) is 5.56 Å². The summed E-state index contributed by atoms with van der Waals surface area (Å²) in [6.45, 7) is 4.28. The average molecular weight is 441 g/mol. The van der Waals surface area contributed by atoms with E-state index in [1.807, 2.05) is 27.8 Å². The molecule has 3 aromatic rings. The highest BCUT2D eigenvalue weighted by molar-refractivity contribution is 6.31. The summed E-state index contributed by atoms with van der Waals surface area (Å²) in [5.41, 5.74) is 3.99. The lowest BCUT2D eigenvalue weighted by Gasteiger charge is -2.24. The van der Waals surface area contributed by atoms with Crippen LogP contribution in [0, 0.1) is 6.92 Å². The zero-order chi connectivity index (χ0) is 21.4. The molecule has 8 heteroatoms. The number of aromatic nitrogens is 2. The third-order valence-electron chi connectivity index (χ3n) is 5.96. The van der Waals surface area contributed by atoms with Gasteiger partial charge < -0.3 is 24.1 Å². The first-order valence-corrected chi connectivity index (χ1v) is 11.0. The number of benzene rings is 1. The molecule has 5 rings (SSSR count). The van der Waals surface area contributed by atoms with Gasteiger partial charge in [-0.3, -0.25) is 4.79 Å². The van der Waals surface area contributed by atoms with Crippen LogP contribution in [0.2, 0.25) is 5.02 Å². The van der Waals surface area contributed by atoms with Gasteiger partial charge >= 0.3 is 0 Å². The first-order chi connectivity index (χ1) is 15.1. The van der Waals surface area contributed by atoms with Crippen LogP contribution in [0.25, 0.3) is 5.65 Å². The van der Waals surface area contributed by atoms with E-state index in [-0.39, 0.29) is 18.7 Å². The summed E-state index contributed by atoms with van der Waals surface area (Å²) in [5, 5.41) is 4.11. The van der Waals surface area contributed by atoms with Crippen LogP contribution in [0.3, 0.4) is 0 Å². The van der Waals surface area contributed by atoms with Crippen LogP contribution in [0.15, 0.2) is 36.7 Å². The quantitative estimate of drug-likeness (QED) is 0.567. The molecule has 1 N–H and O–H groups in total. The molecule has 1 saturated heterocycles. The van der Waals surface area contributed by atoms with Crippen LogP contribution in [0.1, 0.15) is 36.1 Å². The molecular formula is C23H25ClN4O3. The minimum atomic E-state index is 0.206. The molecule has 1 aromatic carbocycles. The Morgan fingerprint density at radius 2 is 2.10 bits per heavy atom. The fraction of sp³-hybridized carbons (Fsp3) is 0.391. The molecule has 1 atom stereocenters. The molecule has 31 heavy (non-hydrogen) atoms. The summed E-state index contributed by atoms with van der Waals surface area (Å²) in [4.78, 5) is 19.2. The van der Waals surface area contributed by atoms with Crippen LogP contribution in [-0.2, 0) is 17.9 Å². The van der Waals surface area contributed by atoms with E-state index in [2.05, 4.69) is 24.4 Å². The fourth-order valence-electron chi connectivity index (χ4n) is 4.28. The summed E-state index contributed by atoms with van der Waals surface area (Å²) < 4.78 is 12.8. The van der Waals surface area contributed by atoms with E-state index in [4.69, 9.17) is 26.1 Å². The van der Waals surface area contributed by atoms with Gasteiger partial charge in [0.05, 0.1) is 12.2 Å². The molecule has 1 amide bonds. The van der Waals surface area contributed by atoms with Gasteiger partial charge in [-0.15, -0.1) is 0 Å². The lowest BCUT2D eigenvalue weighted by Crippen LogP contribution is -2.34. The number of hydrogen-bond acceptors (Lipinski definition) is 5. The first-order valence-electron chi connectivity index (χ1n) is 10.6. The number of carbonyl (C=O) groups is 1. The highest BCUT2D eigenvalue weighted by atomic mass is 35.5. The van der Waals surface area contributed by atoms with Gasteiger partial charge in [-0.05, 0) is 55.6 Å². The van der Waals surface area contributed by atoms with Crippen molar-refractivity contribution in [2.24, 2.45) is 0 Å². The number of ether oxygens (including phenoxy) is 2. The Morgan fingerprint density at radius 3 is 2.97 bits per heavy atom. The number of amides is 1. The lowest BCUT2D eigenvalue weighted by molar-refractivity contribution is -0.129. The van der Waals surface area contributed by atoms with E-state index in [0.29, 0.717) is 30.3 Å². The van der Waals surface area contributed by atoms with Gasteiger partial charge in [0, 0.05) is 42.5 Å². The van der Waals surface area contributed by atoms with E-state index in [9.17, 15) is 4.79 Å². The molecule has 0 aliphatic carbocycles. The Hall–Kier alpha value is -2.77. The summed E-state index contributed by atoms with van der Waals surface area (Å²) in [6, 6.07) is 8.06. The van der Waals surface area contributed by atoms with Crippen molar-refractivity contribution in [3.63, 3.8) is 0 Å². The van der Waals surface area contributed by atoms with E-state index in [1.54, 1.807) is 6.07 Å². The number of likely N-dealkylation sites (tertiary alicyclic amines) is 1. The second kappa shape index (κ2) is 8.40. The van der Waals surface area contributed by atoms with E-state index >= 15 is 0 Å². The maximum absolute atomic E-state index is 12.5. The number of halogens is 1. The van der Waals surface area contributed by atoms with Gasteiger partial charge in [-0.1, -0.05) is 11.6 Å². The monoisotopic (exact) mass is 440 g/mol. The zero-order valence-electron chi connectivity index (χ0n) is 17.4. The standard InChI is InChI=1S/C23H25ClN4O3/c1-15-5-7-27-12-17(26-22(27)8-15)13-28-18(2-3-23(28)29)4-6-25-11-16-9-20-21(10-19(16)24)31-14-30-20/h5,7-10,12,18,25H,2-4,6,11,13-14H2,1H3/t18-/m0/s1. The SMILES string of the molecule is Cc1ccn2cc(CN3C(=O)CC[C@H]3CCNCc3cc4c(cc3Cl)OCO4)nc2c1. The van der Waals surface area contributed by atoms with E-state index < -0.39 is 0 Å². The third-order valence-corrected chi connectivity index (χ3v) is 6.31. The largest absolute Gasteiger partial charge is 0.454 e. The van der Waals surface area contributed by atoms with Gasteiger partial charge in [0.25, 0.3) is 0 Å². The number of hydrogen-bond donors (Lipinski definition) is 1. The van der Waals surface area contributed by atoms with E-state index in [0.717, 1.165) is 42.0 Å². The maximum atomic E-state index is 12.5. The molecule has 0 bridgehead atoms. The number of imidazole rings is 1. The minimum Gasteiger partial charge on any atom is -0.454 e. The summed E-state index contributed by atoms with van der Waals surface area (Å²) in [7, 11) is 0. The number of fused-ring (bicyclic) bond motifs is 2. The number of carbonyl (C=O) groups excluding carboxylic acids is 1. The Morgan fingerprint density at radius 1 is 1.26 bits per heavy atom. The van der Waals surface area contributed by atoms with Crippen molar-refractivity contribution in [2.75, 3.05) is 13.3 Å². The van der Waals surface area contributed by atoms with Crippen molar-refractivity contribution in [3.8, 4) is 11.5 Å². The van der Waals surface area contributed by atoms with Crippen molar-refractivity contribution < 1.29 is 14.3 Å². The molecule has 2 aliphatic rings. The Labute approximate surface area is 185 Å². The Bertz CT molecular complexity index is 1130. The summed E-state index contributed by atoms with van der Waals surface area (Å²) in [5.74, 6) is 1.63. The van der Waals surface area contributed by atoms with Crippen LogP contribution in [-0.4, -0.2) is 39.6 Å². The van der Waals surface area contributed by atoms with Gasteiger partial charge in [0.15, 0.2) is 11.5 Å². The molecule has 4 heterocycles. The van der Waals surface area contributed by atoms with Gasteiger partial charge in [0.2, 0.25) is 12.7 Å². The molecule has 2 aliphatic heterocycles. The first kappa shape index (κ1) is 20.2. The number of nitrogens with zero attached hydrogens (tertiary/aromatic N) is 3. The lowest BCUT2D eigenvalue weighted by atomic mass is 10.1. The Balaban J connectivity index is 1.17. The average Bonchev–Trinajstić information content (AvgIpc) is 3.45. The zero-order valence-corrected chi connectivity index (χ0v) is 18.2. The van der Waals surface area contributed by atoms with Crippen molar-refractivity contribution in [1.82, 2.24) is 19.6 Å². The Kier molecular flexibility index (Phi) is 5.46. The van der Waals surface area contributed by atoms with Gasteiger partial charge in [-0.2, -0.15) is 0 Å². The number of pyridine rings is 1. The third kappa shape index (κ3) is 4.20. The number of rotatable bonds is 7. The van der Waals surface area contributed by atoms with Crippen molar-refractivity contribution in [1.29, 1.82) is 0 Å². The van der Waals surface area contributed by atoms with Crippen molar-refractivity contribution in [3.05, 3.63) is 58.5 Å². The normalized spacial score (nSPS) is 17.8. The second-order valence-corrected chi connectivity index (χ2v) is 8.59. The predicted octanol–water partition coefficient (Wildman–Crippen LogP) is 3.70. The van der Waals surface area contributed by atoms with Crippen LogP contribution >= 0.6 is 11.6 Å². The van der Waals surface area contributed by atoms with Crippen LogP contribution < -0.4 is 14.8 Å². The molecule has 2 aromatic heterocycles. The number of aryl methyl sites for hydroxylation is 1. The van der Waals surface area contributed by atoms with Crippen LogP contribution in [0.5, 0.6) is 11.5 Å². The molecule has 0 unspecified atom stereocenters. The van der Waals surface area contributed by atoms with Crippen LogP contribution in [0.4, 0.5) is 0 Å². The van der Waals surface area contributed by atoms with Crippen molar-refractivity contribution in [2.45, 2.75) is 45.3 Å². The number of nitrogens with one attached hydrogen (secondary N) is 1. The summed E-state index contributed by atoms with van der Waals surface area (Å²) in [6.07, 6.45) is 6.40. The summed E-state index contributed by atoms with van der Waals surface area (Å²) >= 11 is 6.35. The highest BCUT2D eigenvalue weighted by Crippen LogP contribution is 2.36. The minimum absolute atomic E-state index is 0.206. The van der Waals surface area contributed by atoms with Crippen molar-refractivity contribution >= 4 is 23.2 Å². The smallest absolute Gasteiger partial charge is 0.231 e. The van der Waals surface area contributed by atoms with Gasteiger partial charge in [0.1, 0.15) is 5.65 Å². The highest BCUT2D eigenvalue weighted by Gasteiger charge is 2.31.